The molecule has 4 N–H and O–H groups in total. The minimum atomic E-state index is -1.21. The Morgan fingerprint density at radius 2 is 1.93 bits per heavy atom. The molecule has 0 unspecified atom stereocenters. The van der Waals surface area contributed by atoms with Gasteiger partial charge in [-0.25, -0.2) is 0 Å². The van der Waals surface area contributed by atoms with Crippen LogP contribution in [0.25, 0.3) is 0 Å². The van der Waals surface area contributed by atoms with E-state index in [1.54, 1.807) is 6.92 Å². The van der Waals surface area contributed by atoms with Gasteiger partial charge in [0.1, 0.15) is 6.10 Å². The first-order valence-corrected chi connectivity index (χ1v) is 4.89. The summed E-state index contributed by atoms with van der Waals surface area (Å²) in [6.45, 7) is 2.29. The van der Waals surface area contributed by atoms with Crippen molar-refractivity contribution in [3.8, 4) is 0 Å². The van der Waals surface area contributed by atoms with Crippen LogP contribution < -0.4 is 5.32 Å². The van der Waals surface area contributed by atoms with Crippen molar-refractivity contribution >= 4 is 5.91 Å². The number of carbonyl (C=O) groups excluding carboxylic acids is 1. The van der Waals surface area contributed by atoms with Gasteiger partial charge in [0, 0.05) is 6.54 Å². The average Bonchev–Trinajstić information content (AvgIpc) is 2.15. The number of hydrogen-bond donors (Lipinski definition) is 4. The van der Waals surface area contributed by atoms with Crippen LogP contribution in [0.5, 0.6) is 0 Å². The maximum absolute atomic E-state index is 11.4. The third-order valence-corrected chi connectivity index (χ3v) is 2.62. The van der Waals surface area contributed by atoms with E-state index in [0.717, 1.165) is 0 Å². The third-order valence-electron chi connectivity index (χ3n) is 2.62. The van der Waals surface area contributed by atoms with Gasteiger partial charge in [-0.2, -0.15) is 0 Å². The first-order valence-electron chi connectivity index (χ1n) is 4.89. The van der Waals surface area contributed by atoms with Crippen molar-refractivity contribution in [3.63, 3.8) is 0 Å². The Kier molecular flexibility index (Phi) is 3.86. The van der Waals surface area contributed by atoms with Gasteiger partial charge in [-0.3, -0.25) is 4.79 Å². The highest BCUT2D eigenvalue weighted by Crippen LogP contribution is 2.25. The molecule has 14 heavy (non-hydrogen) atoms. The molecular weight excluding hydrogens is 186 g/mol. The lowest BCUT2D eigenvalue weighted by Gasteiger charge is -2.34. The molecule has 0 spiro atoms. The summed E-state index contributed by atoms with van der Waals surface area (Å²) in [5.74, 6) is -0.862. The second kappa shape index (κ2) is 4.72. The first-order chi connectivity index (χ1) is 6.57. The van der Waals surface area contributed by atoms with Crippen LogP contribution in [0.15, 0.2) is 0 Å². The quantitative estimate of drug-likeness (QED) is 0.445. The van der Waals surface area contributed by atoms with Gasteiger partial charge in [0.15, 0.2) is 0 Å². The molecular formula is C9H17NO4. The standard InChI is InChI=1S/C9H17NO4/c1-2-10-9(14)5-3-4-6(11)8(13)7(5)12/h5-8,11-13H,2-4H2,1H3,(H,10,14)/t5-,6+,7+,8-/m0/s1. The summed E-state index contributed by atoms with van der Waals surface area (Å²) in [4.78, 5) is 11.4. The molecule has 1 saturated carbocycles. The second-order valence-corrected chi connectivity index (χ2v) is 3.63. The Morgan fingerprint density at radius 3 is 2.50 bits per heavy atom. The fourth-order valence-corrected chi connectivity index (χ4v) is 1.75. The first kappa shape index (κ1) is 11.4. The SMILES string of the molecule is CCNC(=O)[C@H]1CC[C@@H](O)[C@H](O)[C@@H]1O. The number of aliphatic hydroxyl groups excluding tert-OH is 3. The molecule has 1 fully saturated rings. The summed E-state index contributed by atoms with van der Waals surface area (Å²) >= 11 is 0. The third kappa shape index (κ3) is 2.23. The van der Waals surface area contributed by atoms with Crippen molar-refractivity contribution in [2.24, 2.45) is 5.92 Å². The van der Waals surface area contributed by atoms with E-state index < -0.39 is 24.2 Å². The van der Waals surface area contributed by atoms with Gasteiger partial charge in [-0.05, 0) is 19.8 Å². The number of carbonyl (C=O) groups is 1. The van der Waals surface area contributed by atoms with Crippen molar-refractivity contribution < 1.29 is 20.1 Å². The molecule has 0 aromatic rings. The number of nitrogens with one attached hydrogen (secondary N) is 1. The molecule has 5 heteroatoms. The summed E-state index contributed by atoms with van der Waals surface area (Å²) < 4.78 is 0. The fourth-order valence-electron chi connectivity index (χ4n) is 1.75. The maximum atomic E-state index is 11.4. The normalized spacial score (nSPS) is 38.0. The van der Waals surface area contributed by atoms with E-state index in [1.165, 1.54) is 0 Å². The minimum Gasteiger partial charge on any atom is -0.390 e. The molecule has 1 aliphatic rings. The van der Waals surface area contributed by atoms with Crippen LogP contribution in [-0.2, 0) is 4.79 Å². The van der Waals surface area contributed by atoms with Gasteiger partial charge in [0.25, 0.3) is 0 Å². The summed E-state index contributed by atoms with van der Waals surface area (Å²) in [6, 6.07) is 0. The molecule has 0 aromatic carbocycles. The van der Waals surface area contributed by atoms with Crippen LogP contribution in [-0.4, -0.2) is 46.1 Å². The lowest BCUT2D eigenvalue weighted by atomic mass is 9.82. The monoisotopic (exact) mass is 203 g/mol. The van der Waals surface area contributed by atoms with Crippen LogP contribution in [0.3, 0.4) is 0 Å². The minimum absolute atomic E-state index is 0.258. The smallest absolute Gasteiger partial charge is 0.225 e. The molecule has 82 valence electrons. The van der Waals surface area contributed by atoms with Gasteiger partial charge in [-0.1, -0.05) is 0 Å². The molecule has 1 rings (SSSR count). The van der Waals surface area contributed by atoms with E-state index in [4.69, 9.17) is 0 Å². The molecule has 0 heterocycles. The molecule has 1 aliphatic carbocycles. The van der Waals surface area contributed by atoms with Crippen LogP contribution >= 0.6 is 0 Å². The Balaban J connectivity index is 2.58. The maximum Gasteiger partial charge on any atom is 0.225 e. The average molecular weight is 203 g/mol. The second-order valence-electron chi connectivity index (χ2n) is 3.63. The van der Waals surface area contributed by atoms with Gasteiger partial charge in [0.05, 0.1) is 18.1 Å². The van der Waals surface area contributed by atoms with E-state index in [1.807, 2.05) is 0 Å². The number of amides is 1. The van der Waals surface area contributed by atoms with Crippen LogP contribution in [0.4, 0.5) is 0 Å². The Morgan fingerprint density at radius 1 is 1.29 bits per heavy atom. The van der Waals surface area contributed by atoms with Gasteiger partial charge >= 0.3 is 0 Å². The molecule has 0 radical (unpaired) electrons. The molecule has 0 saturated heterocycles. The zero-order valence-electron chi connectivity index (χ0n) is 8.18. The van der Waals surface area contributed by atoms with Gasteiger partial charge in [-0.15, -0.1) is 0 Å². The predicted octanol–water partition coefficient (Wildman–Crippen LogP) is -1.38. The van der Waals surface area contributed by atoms with Crippen LogP contribution in [0.1, 0.15) is 19.8 Å². The highest BCUT2D eigenvalue weighted by atomic mass is 16.4. The summed E-state index contributed by atoms with van der Waals surface area (Å²) in [5.41, 5.74) is 0. The summed E-state index contributed by atoms with van der Waals surface area (Å²) in [6.07, 6.45) is -2.54. The molecule has 0 bridgehead atoms. The van der Waals surface area contributed by atoms with E-state index in [0.29, 0.717) is 19.4 Å². The van der Waals surface area contributed by atoms with Crippen molar-refractivity contribution in [1.29, 1.82) is 0 Å². The number of rotatable bonds is 2. The molecule has 5 nitrogen and oxygen atoms in total. The topological polar surface area (TPSA) is 89.8 Å². The van der Waals surface area contributed by atoms with Crippen LogP contribution in [0.2, 0.25) is 0 Å². The van der Waals surface area contributed by atoms with Gasteiger partial charge < -0.3 is 20.6 Å². The highest BCUT2D eigenvalue weighted by Gasteiger charge is 2.39. The lowest BCUT2D eigenvalue weighted by Crippen LogP contribution is -2.51. The Bertz CT molecular complexity index is 209. The van der Waals surface area contributed by atoms with E-state index in [2.05, 4.69) is 5.32 Å². The molecule has 4 atom stereocenters. The number of hydrogen-bond acceptors (Lipinski definition) is 4. The summed E-state index contributed by atoms with van der Waals surface area (Å²) in [5, 5.41) is 30.7. The molecule has 1 amide bonds. The van der Waals surface area contributed by atoms with Crippen molar-refractivity contribution in [1.82, 2.24) is 5.32 Å². The molecule has 0 aliphatic heterocycles. The molecule has 0 aromatic heterocycles. The zero-order valence-corrected chi connectivity index (χ0v) is 8.18. The van der Waals surface area contributed by atoms with Crippen molar-refractivity contribution in [3.05, 3.63) is 0 Å². The predicted molar refractivity (Wildman–Crippen MR) is 49.4 cm³/mol. The fraction of sp³-hybridized carbons (Fsp3) is 0.889. The van der Waals surface area contributed by atoms with Crippen molar-refractivity contribution in [2.45, 2.75) is 38.1 Å². The highest BCUT2D eigenvalue weighted by molar-refractivity contribution is 5.79. The lowest BCUT2D eigenvalue weighted by molar-refractivity contribution is -0.145. The van der Waals surface area contributed by atoms with E-state index >= 15 is 0 Å². The summed E-state index contributed by atoms with van der Waals surface area (Å²) in [7, 11) is 0. The zero-order chi connectivity index (χ0) is 10.7. The van der Waals surface area contributed by atoms with Gasteiger partial charge in [0.2, 0.25) is 5.91 Å². The van der Waals surface area contributed by atoms with E-state index in [9.17, 15) is 20.1 Å². The van der Waals surface area contributed by atoms with Crippen LogP contribution in [0, 0.1) is 5.92 Å². The largest absolute Gasteiger partial charge is 0.390 e. The van der Waals surface area contributed by atoms with Crippen molar-refractivity contribution in [2.75, 3.05) is 6.54 Å². The van der Waals surface area contributed by atoms with E-state index in [-0.39, 0.29) is 5.91 Å². The Hall–Kier alpha value is -0.650. The Labute approximate surface area is 82.7 Å². The number of aliphatic hydroxyl groups is 3.